The number of imidazole rings is 1. The molecule has 0 spiro atoms. The molecule has 2 aromatic carbocycles. The molecule has 27 heavy (non-hydrogen) atoms. The normalized spacial score (nSPS) is 10.9. The van der Waals surface area contributed by atoms with Crippen molar-refractivity contribution in [2.75, 3.05) is 7.11 Å². The van der Waals surface area contributed by atoms with Gasteiger partial charge in [0.05, 0.1) is 30.3 Å². The summed E-state index contributed by atoms with van der Waals surface area (Å²) in [6.45, 7) is 0. The summed E-state index contributed by atoms with van der Waals surface area (Å²) >= 11 is 6.15. The van der Waals surface area contributed by atoms with Crippen molar-refractivity contribution in [2.45, 2.75) is 0 Å². The fourth-order valence-corrected chi connectivity index (χ4v) is 3.15. The van der Waals surface area contributed by atoms with Crippen LogP contribution in [0.3, 0.4) is 0 Å². The SMILES string of the molecule is COc1ccc(-c2cc(-n3ccnc3)c3ccc(Cl)cc3n2)cc1C(=O)O. The fraction of sp³-hybridized carbons (Fsp3) is 0.0500. The van der Waals surface area contributed by atoms with Crippen LogP contribution in [-0.4, -0.2) is 32.7 Å². The van der Waals surface area contributed by atoms with Gasteiger partial charge in [-0.15, -0.1) is 0 Å². The Balaban J connectivity index is 1.98. The summed E-state index contributed by atoms with van der Waals surface area (Å²) in [7, 11) is 1.44. The first-order chi connectivity index (χ1) is 13.1. The van der Waals surface area contributed by atoms with Crippen molar-refractivity contribution in [1.82, 2.24) is 14.5 Å². The zero-order chi connectivity index (χ0) is 19.0. The maximum atomic E-state index is 11.5. The lowest BCUT2D eigenvalue weighted by Crippen LogP contribution is -2.01. The van der Waals surface area contributed by atoms with E-state index in [2.05, 4.69) is 9.97 Å². The number of carboxylic acids is 1. The molecule has 0 bridgehead atoms. The second kappa shape index (κ2) is 6.74. The molecular formula is C20H14ClN3O3. The highest BCUT2D eigenvalue weighted by Crippen LogP contribution is 2.31. The van der Waals surface area contributed by atoms with Gasteiger partial charge in [0.25, 0.3) is 0 Å². The highest BCUT2D eigenvalue weighted by molar-refractivity contribution is 6.31. The van der Waals surface area contributed by atoms with Crippen LogP contribution < -0.4 is 4.74 Å². The molecule has 4 aromatic rings. The van der Waals surface area contributed by atoms with Gasteiger partial charge < -0.3 is 14.4 Å². The Bertz CT molecular complexity index is 1160. The van der Waals surface area contributed by atoms with Gasteiger partial charge in [-0.05, 0) is 42.5 Å². The van der Waals surface area contributed by atoms with Crippen molar-refractivity contribution in [3.63, 3.8) is 0 Å². The summed E-state index contributed by atoms with van der Waals surface area (Å²) in [5.74, 6) is -0.766. The van der Waals surface area contributed by atoms with Gasteiger partial charge >= 0.3 is 5.97 Å². The number of fused-ring (bicyclic) bond motifs is 1. The number of pyridine rings is 1. The van der Waals surface area contributed by atoms with Crippen molar-refractivity contribution >= 4 is 28.5 Å². The smallest absolute Gasteiger partial charge is 0.339 e. The van der Waals surface area contributed by atoms with Gasteiger partial charge in [-0.1, -0.05) is 11.6 Å². The molecular weight excluding hydrogens is 366 g/mol. The molecule has 0 saturated carbocycles. The minimum Gasteiger partial charge on any atom is -0.496 e. The molecule has 0 aliphatic rings. The van der Waals surface area contributed by atoms with Gasteiger partial charge in [0.1, 0.15) is 11.3 Å². The third kappa shape index (κ3) is 3.11. The molecule has 0 aliphatic heterocycles. The Morgan fingerprint density at radius 2 is 2.04 bits per heavy atom. The van der Waals surface area contributed by atoms with Gasteiger partial charge in [-0.3, -0.25) is 0 Å². The molecule has 134 valence electrons. The number of halogens is 1. The van der Waals surface area contributed by atoms with E-state index in [1.807, 2.05) is 29.0 Å². The van der Waals surface area contributed by atoms with Crippen LogP contribution in [0, 0.1) is 0 Å². The Morgan fingerprint density at radius 1 is 1.19 bits per heavy atom. The van der Waals surface area contributed by atoms with Crippen LogP contribution >= 0.6 is 11.6 Å². The number of carbonyl (C=O) groups is 1. The zero-order valence-electron chi connectivity index (χ0n) is 14.3. The van der Waals surface area contributed by atoms with Gasteiger partial charge in [0.2, 0.25) is 0 Å². The molecule has 0 unspecified atom stereocenters. The number of aromatic nitrogens is 3. The Hall–Kier alpha value is -3.38. The van der Waals surface area contributed by atoms with Gasteiger partial charge in [0, 0.05) is 28.4 Å². The third-order valence-electron chi connectivity index (χ3n) is 4.26. The molecule has 0 atom stereocenters. The quantitative estimate of drug-likeness (QED) is 0.567. The maximum Gasteiger partial charge on any atom is 0.339 e. The Labute approximate surface area is 159 Å². The van der Waals surface area contributed by atoms with Gasteiger partial charge in [-0.2, -0.15) is 0 Å². The van der Waals surface area contributed by atoms with E-state index in [9.17, 15) is 9.90 Å². The van der Waals surface area contributed by atoms with Crippen LogP contribution in [0.4, 0.5) is 0 Å². The lowest BCUT2D eigenvalue weighted by molar-refractivity contribution is 0.0693. The first-order valence-corrected chi connectivity index (χ1v) is 8.45. The number of hydrogen-bond acceptors (Lipinski definition) is 4. The van der Waals surface area contributed by atoms with E-state index in [1.54, 1.807) is 36.8 Å². The van der Waals surface area contributed by atoms with E-state index in [4.69, 9.17) is 16.3 Å². The minimum atomic E-state index is -1.06. The highest BCUT2D eigenvalue weighted by atomic mass is 35.5. The van der Waals surface area contributed by atoms with E-state index < -0.39 is 5.97 Å². The molecule has 4 rings (SSSR count). The summed E-state index contributed by atoms with van der Waals surface area (Å²) in [6.07, 6.45) is 5.23. The summed E-state index contributed by atoms with van der Waals surface area (Å²) in [6, 6.07) is 12.3. The largest absolute Gasteiger partial charge is 0.496 e. The number of nitrogens with zero attached hydrogens (tertiary/aromatic N) is 3. The molecule has 0 amide bonds. The monoisotopic (exact) mass is 379 g/mol. The molecule has 0 saturated heterocycles. The number of aromatic carboxylic acids is 1. The van der Waals surface area contributed by atoms with E-state index in [0.29, 0.717) is 27.5 Å². The van der Waals surface area contributed by atoms with Crippen LogP contribution in [0.2, 0.25) is 5.02 Å². The average molecular weight is 380 g/mol. The van der Waals surface area contributed by atoms with Crippen LogP contribution in [0.5, 0.6) is 5.75 Å². The Morgan fingerprint density at radius 3 is 2.74 bits per heavy atom. The van der Waals surface area contributed by atoms with Crippen LogP contribution in [0.15, 0.2) is 61.2 Å². The summed E-state index contributed by atoms with van der Waals surface area (Å²) < 4.78 is 7.01. The van der Waals surface area contributed by atoms with Gasteiger partial charge in [-0.25, -0.2) is 14.8 Å². The van der Waals surface area contributed by atoms with E-state index in [0.717, 1.165) is 11.1 Å². The topological polar surface area (TPSA) is 77.2 Å². The van der Waals surface area contributed by atoms with Crippen molar-refractivity contribution in [2.24, 2.45) is 0 Å². The van der Waals surface area contributed by atoms with E-state index in [-0.39, 0.29) is 5.56 Å². The first-order valence-electron chi connectivity index (χ1n) is 8.07. The lowest BCUT2D eigenvalue weighted by atomic mass is 10.0. The number of methoxy groups -OCH3 is 1. The van der Waals surface area contributed by atoms with Crippen molar-refractivity contribution in [1.29, 1.82) is 0 Å². The molecule has 0 fully saturated rings. The maximum absolute atomic E-state index is 11.5. The number of ether oxygens (including phenoxy) is 1. The van der Waals surface area contributed by atoms with E-state index >= 15 is 0 Å². The van der Waals surface area contributed by atoms with Crippen molar-refractivity contribution < 1.29 is 14.6 Å². The molecule has 1 N–H and O–H groups in total. The fourth-order valence-electron chi connectivity index (χ4n) is 2.98. The third-order valence-corrected chi connectivity index (χ3v) is 4.49. The standard InChI is InChI=1S/C20H14ClN3O3/c1-27-19-5-2-12(8-15(19)20(25)26)16-10-18(24-7-6-22-11-24)14-4-3-13(21)9-17(14)23-16/h2-11H,1H3,(H,25,26). The number of hydrogen-bond donors (Lipinski definition) is 1. The second-order valence-corrected chi connectivity index (χ2v) is 6.31. The predicted molar refractivity (Wildman–Crippen MR) is 103 cm³/mol. The summed E-state index contributed by atoms with van der Waals surface area (Å²) in [5, 5.41) is 10.9. The Kier molecular flexibility index (Phi) is 4.25. The molecule has 2 aromatic heterocycles. The second-order valence-electron chi connectivity index (χ2n) is 5.88. The van der Waals surface area contributed by atoms with Crippen LogP contribution in [0.1, 0.15) is 10.4 Å². The lowest BCUT2D eigenvalue weighted by Gasteiger charge is -2.12. The molecule has 6 nitrogen and oxygen atoms in total. The molecule has 7 heteroatoms. The predicted octanol–water partition coefficient (Wildman–Crippen LogP) is 4.45. The highest BCUT2D eigenvalue weighted by Gasteiger charge is 2.15. The number of rotatable bonds is 4. The van der Waals surface area contributed by atoms with Crippen molar-refractivity contribution in [3.05, 3.63) is 71.8 Å². The number of benzene rings is 2. The first kappa shape index (κ1) is 17.1. The average Bonchev–Trinajstić information content (AvgIpc) is 3.20. The summed E-state index contributed by atoms with van der Waals surface area (Å²) in [5.41, 5.74) is 2.94. The van der Waals surface area contributed by atoms with Crippen molar-refractivity contribution in [3.8, 4) is 22.7 Å². The minimum absolute atomic E-state index is 0.0761. The van der Waals surface area contributed by atoms with Crippen LogP contribution in [-0.2, 0) is 0 Å². The zero-order valence-corrected chi connectivity index (χ0v) is 15.0. The summed E-state index contributed by atoms with van der Waals surface area (Å²) in [4.78, 5) is 20.3. The molecule has 2 heterocycles. The molecule has 0 radical (unpaired) electrons. The molecule has 0 aliphatic carbocycles. The van der Waals surface area contributed by atoms with Gasteiger partial charge in [0.15, 0.2) is 0 Å². The number of carboxylic acid groups (broad SMARTS) is 1. The van der Waals surface area contributed by atoms with Crippen LogP contribution in [0.25, 0.3) is 27.8 Å². The van der Waals surface area contributed by atoms with E-state index in [1.165, 1.54) is 7.11 Å².